The number of pyridine rings is 1. The predicted octanol–water partition coefficient (Wildman–Crippen LogP) is 4.18. The van der Waals surface area contributed by atoms with E-state index in [9.17, 15) is 4.79 Å². The van der Waals surface area contributed by atoms with Crippen LogP contribution in [0.1, 0.15) is 10.4 Å². The maximum atomic E-state index is 13.2. The van der Waals surface area contributed by atoms with Gasteiger partial charge in [0.05, 0.1) is 23.9 Å². The van der Waals surface area contributed by atoms with Crippen LogP contribution in [0.25, 0.3) is 10.9 Å². The van der Waals surface area contributed by atoms with Crippen LogP contribution >= 0.6 is 11.8 Å². The topological polar surface area (TPSA) is 54.5 Å². The van der Waals surface area contributed by atoms with Gasteiger partial charge in [0, 0.05) is 41.9 Å². The van der Waals surface area contributed by atoms with Crippen molar-refractivity contribution in [1.29, 1.82) is 0 Å². The Morgan fingerprint density at radius 1 is 1.11 bits per heavy atom. The first kappa shape index (κ1) is 17.7. The number of rotatable bonds is 4. The molecule has 0 spiro atoms. The van der Waals surface area contributed by atoms with E-state index in [4.69, 9.17) is 4.74 Å². The molecule has 1 aromatic heterocycles. The average molecular weight is 379 g/mol. The molecule has 1 amide bonds. The lowest BCUT2D eigenvalue weighted by Crippen LogP contribution is -2.38. The van der Waals surface area contributed by atoms with Gasteiger partial charge in [-0.15, -0.1) is 0 Å². The minimum absolute atomic E-state index is 0.0320. The van der Waals surface area contributed by atoms with Gasteiger partial charge in [-0.3, -0.25) is 9.78 Å². The number of hydrogen-bond donors (Lipinski definition) is 1. The third-order valence-electron chi connectivity index (χ3n) is 4.66. The van der Waals surface area contributed by atoms with Crippen LogP contribution in [-0.2, 0) is 0 Å². The number of carbonyl (C=O) groups is 1. The van der Waals surface area contributed by atoms with Gasteiger partial charge in [-0.05, 0) is 30.3 Å². The Bertz CT molecular complexity index is 953. The highest BCUT2D eigenvalue weighted by Crippen LogP contribution is 2.31. The van der Waals surface area contributed by atoms with Crippen molar-refractivity contribution in [3.63, 3.8) is 0 Å². The van der Waals surface area contributed by atoms with Gasteiger partial charge in [-0.25, -0.2) is 0 Å². The molecule has 5 nitrogen and oxygen atoms in total. The van der Waals surface area contributed by atoms with Crippen molar-refractivity contribution < 1.29 is 9.53 Å². The molecule has 0 saturated carbocycles. The van der Waals surface area contributed by atoms with Gasteiger partial charge in [0.2, 0.25) is 0 Å². The van der Waals surface area contributed by atoms with Crippen LogP contribution in [0.15, 0.2) is 54.7 Å². The summed E-state index contributed by atoms with van der Waals surface area (Å²) < 4.78 is 5.23. The van der Waals surface area contributed by atoms with Crippen LogP contribution in [0, 0.1) is 0 Å². The van der Waals surface area contributed by atoms with Crippen LogP contribution in [0.2, 0.25) is 0 Å². The van der Waals surface area contributed by atoms with Crippen LogP contribution in [-0.4, -0.2) is 47.5 Å². The van der Waals surface area contributed by atoms with Gasteiger partial charge in [0.25, 0.3) is 5.91 Å². The fourth-order valence-electron chi connectivity index (χ4n) is 3.19. The first-order valence-electron chi connectivity index (χ1n) is 8.92. The number of aromatic nitrogens is 1. The summed E-state index contributed by atoms with van der Waals surface area (Å²) in [6.07, 6.45) is 1.69. The minimum atomic E-state index is 0.0320. The third-order valence-corrected chi connectivity index (χ3v) is 5.61. The highest BCUT2D eigenvalue weighted by atomic mass is 32.2. The monoisotopic (exact) mass is 379 g/mol. The number of ether oxygens (including phenoxy) is 1. The summed E-state index contributed by atoms with van der Waals surface area (Å²) in [4.78, 5) is 19.6. The van der Waals surface area contributed by atoms with E-state index in [0.717, 1.165) is 52.6 Å². The lowest BCUT2D eigenvalue weighted by Gasteiger charge is -2.27. The standard InChI is InChI=1S/C21H21N3O2S/c1-26-16-8-6-15(7-9-16)23-20-17-4-2-3-5-19(17)22-14-18(20)21(25)24-10-12-27-13-11-24/h2-9,14H,10-13H2,1H3,(H,22,23). The molecule has 1 aliphatic rings. The highest BCUT2D eigenvalue weighted by molar-refractivity contribution is 7.99. The number of anilines is 2. The Morgan fingerprint density at radius 3 is 2.59 bits per heavy atom. The fourth-order valence-corrected chi connectivity index (χ4v) is 4.10. The number of amides is 1. The number of carbonyl (C=O) groups excluding carboxylic acids is 1. The Kier molecular flexibility index (Phi) is 5.16. The molecule has 1 saturated heterocycles. The molecule has 0 unspecified atom stereocenters. The molecule has 0 bridgehead atoms. The molecule has 6 heteroatoms. The fraction of sp³-hybridized carbons (Fsp3) is 0.238. The van der Waals surface area contributed by atoms with E-state index < -0.39 is 0 Å². The lowest BCUT2D eigenvalue weighted by molar-refractivity contribution is 0.0773. The second-order valence-corrected chi connectivity index (χ2v) is 7.55. The number of hydrogen-bond acceptors (Lipinski definition) is 5. The number of nitrogens with one attached hydrogen (secondary N) is 1. The molecule has 0 aliphatic carbocycles. The number of fused-ring (bicyclic) bond motifs is 1. The molecule has 2 heterocycles. The summed E-state index contributed by atoms with van der Waals surface area (Å²) in [5.74, 6) is 2.79. The maximum Gasteiger partial charge on any atom is 0.257 e. The van der Waals surface area contributed by atoms with E-state index >= 15 is 0 Å². The lowest BCUT2D eigenvalue weighted by atomic mass is 10.1. The van der Waals surface area contributed by atoms with Gasteiger partial charge < -0.3 is 15.0 Å². The quantitative estimate of drug-likeness (QED) is 0.737. The molecular weight excluding hydrogens is 358 g/mol. The molecule has 2 aromatic carbocycles. The summed E-state index contributed by atoms with van der Waals surface area (Å²) in [5, 5.41) is 4.37. The van der Waals surface area contributed by atoms with E-state index in [1.807, 2.05) is 65.2 Å². The highest BCUT2D eigenvalue weighted by Gasteiger charge is 2.23. The van der Waals surface area contributed by atoms with Crippen molar-refractivity contribution in [2.75, 3.05) is 37.0 Å². The van der Waals surface area contributed by atoms with Gasteiger partial charge >= 0.3 is 0 Å². The number of benzene rings is 2. The van der Waals surface area contributed by atoms with Crippen molar-refractivity contribution in [2.45, 2.75) is 0 Å². The van der Waals surface area contributed by atoms with E-state index in [0.29, 0.717) is 5.56 Å². The van der Waals surface area contributed by atoms with Gasteiger partial charge in [0.1, 0.15) is 5.75 Å². The first-order valence-corrected chi connectivity index (χ1v) is 10.1. The zero-order valence-electron chi connectivity index (χ0n) is 15.1. The second-order valence-electron chi connectivity index (χ2n) is 6.32. The third kappa shape index (κ3) is 3.71. The van der Waals surface area contributed by atoms with E-state index in [2.05, 4.69) is 10.3 Å². The SMILES string of the molecule is COc1ccc(Nc2c(C(=O)N3CCSCC3)cnc3ccccc23)cc1. The molecule has 0 atom stereocenters. The molecule has 4 rings (SSSR count). The maximum absolute atomic E-state index is 13.2. The average Bonchev–Trinajstić information content (AvgIpc) is 2.74. The Morgan fingerprint density at radius 2 is 1.85 bits per heavy atom. The predicted molar refractivity (Wildman–Crippen MR) is 111 cm³/mol. The summed E-state index contributed by atoms with van der Waals surface area (Å²) >= 11 is 1.89. The molecule has 1 N–H and O–H groups in total. The molecule has 3 aromatic rings. The molecule has 1 aliphatic heterocycles. The normalized spacial score (nSPS) is 14.2. The zero-order valence-corrected chi connectivity index (χ0v) is 16.0. The van der Waals surface area contributed by atoms with Crippen molar-refractivity contribution in [2.24, 2.45) is 0 Å². The van der Waals surface area contributed by atoms with Crippen LogP contribution in [0.5, 0.6) is 5.75 Å². The van der Waals surface area contributed by atoms with Crippen molar-refractivity contribution in [3.05, 3.63) is 60.3 Å². The minimum Gasteiger partial charge on any atom is -0.497 e. The van der Waals surface area contributed by atoms with Crippen molar-refractivity contribution >= 4 is 39.9 Å². The molecule has 27 heavy (non-hydrogen) atoms. The summed E-state index contributed by atoms with van der Waals surface area (Å²) in [6.45, 7) is 1.55. The van der Waals surface area contributed by atoms with Crippen LogP contribution in [0.3, 0.4) is 0 Å². The summed E-state index contributed by atoms with van der Waals surface area (Å²) in [6, 6.07) is 15.6. The molecular formula is C21H21N3O2S. The number of para-hydroxylation sites is 1. The Labute approximate surface area is 162 Å². The molecule has 138 valence electrons. The van der Waals surface area contributed by atoms with Gasteiger partial charge in [-0.1, -0.05) is 18.2 Å². The molecule has 0 radical (unpaired) electrons. The number of thioether (sulfide) groups is 1. The zero-order chi connectivity index (χ0) is 18.6. The first-order chi connectivity index (χ1) is 13.3. The Balaban J connectivity index is 1.76. The van der Waals surface area contributed by atoms with Crippen molar-refractivity contribution in [1.82, 2.24) is 9.88 Å². The number of nitrogens with zero attached hydrogens (tertiary/aromatic N) is 2. The van der Waals surface area contributed by atoms with Crippen molar-refractivity contribution in [3.8, 4) is 5.75 Å². The molecule has 1 fully saturated rings. The largest absolute Gasteiger partial charge is 0.497 e. The van der Waals surface area contributed by atoms with E-state index in [-0.39, 0.29) is 5.91 Å². The number of methoxy groups -OCH3 is 1. The van der Waals surface area contributed by atoms with E-state index in [1.54, 1.807) is 13.3 Å². The summed E-state index contributed by atoms with van der Waals surface area (Å²) in [7, 11) is 1.65. The van der Waals surface area contributed by atoms with Crippen LogP contribution in [0.4, 0.5) is 11.4 Å². The van der Waals surface area contributed by atoms with Gasteiger partial charge in [-0.2, -0.15) is 11.8 Å². The van der Waals surface area contributed by atoms with E-state index in [1.165, 1.54) is 0 Å². The van der Waals surface area contributed by atoms with Crippen LogP contribution < -0.4 is 10.1 Å². The smallest absolute Gasteiger partial charge is 0.257 e. The second kappa shape index (κ2) is 7.88. The Hall–Kier alpha value is -2.73. The summed E-state index contributed by atoms with van der Waals surface area (Å²) in [5.41, 5.74) is 3.17. The van der Waals surface area contributed by atoms with Gasteiger partial charge in [0.15, 0.2) is 0 Å².